The van der Waals surface area contributed by atoms with Gasteiger partial charge in [0.05, 0.1) is 12.5 Å². The molecule has 1 fully saturated rings. The molecule has 1 heterocycles. The van der Waals surface area contributed by atoms with E-state index >= 15 is 0 Å². The van der Waals surface area contributed by atoms with E-state index in [0.717, 1.165) is 19.6 Å². The summed E-state index contributed by atoms with van der Waals surface area (Å²) >= 11 is 0. The lowest BCUT2D eigenvalue weighted by molar-refractivity contribution is -0.148. The van der Waals surface area contributed by atoms with Crippen LogP contribution in [-0.2, 0) is 9.53 Å². The summed E-state index contributed by atoms with van der Waals surface area (Å²) in [6, 6.07) is 0. The smallest absolute Gasteiger partial charge is 0.309 e. The van der Waals surface area contributed by atoms with Crippen molar-refractivity contribution in [3.63, 3.8) is 0 Å². The third-order valence-electron chi connectivity index (χ3n) is 3.43. The van der Waals surface area contributed by atoms with Gasteiger partial charge in [-0.05, 0) is 38.3 Å². The number of piperidine rings is 1. The topological polar surface area (TPSA) is 29.5 Å². The molecule has 94 valence electrons. The molecule has 0 aromatic rings. The average molecular weight is 227 g/mol. The number of hydrogen-bond donors (Lipinski definition) is 0. The van der Waals surface area contributed by atoms with Crippen molar-refractivity contribution in [2.75, 3.05) is 26.2 Å². The number of ether oxygens (including phenoxy) is 1. The predicted octanol–water partition coefficient (Wildman–Crippen LogP) is 2.31. The first-order valence-corrected chi connectivity index (χ1v) is 6.33. The minimum atomic E-state index is -0.0627. The lowest BCUT2D eigenvalue weighted by Crippen LogP contribution is -2.41. The van der Waals surface area contributed by atoms with Gasteiger partial charge >= 0.3 is 5.97 Å². The minimum Gasteiger partial charge on any atom is -0.466 e. The van der Waals surface area contributed by atoms with Crippen LogP contribution in [-0.4, -0.2) is 37.1 Å². The van der Waals surface area contributed by atoms with E-state index in [9.17, 15) is 4.79 Å². The molecule has 3 heteroatoms. The van der Waals surface area contributed by atoms with Crippen LogP contribution in [0.15, 0.2) is 0 Å². The van der Waals surface area contributed by atoms with Gasteiger partial charge in [0, 0.05) is 6.54 Å². The first-order valence-electron chi connectivity index (χ1n) is 6.33. The Morgan fingerprint density at radius 2 is 1.94 bits per heavy atom. The van der Waals surface area contributed by atoms with E-state index < -0.39 is 0 Å². The Morgan fingerprint density at radius 3 is 2.44 bits per heavy atom. The van der Waals surface area contributed by atoms with E-state index in [2.05, 4.69) is 18.7 Å². The van der Waals surface area contributed by atoms with E-state index in [0.29, 0.717) is 12.0 Å². The fraction of sp³-hybridized carbons (Fsp3) is 0.923. The van der Waals surface area contributed by atoms with Crippen LogP contribution in [0.25, 0.3) is 0 Å². The van der Waals surface area contributed by atoms with Gasteiger partial charge in [-0.1, -0.05) is 20.8 Å². The summed E-state index contributed by atoms with van der Waals surface area (Å²) in [5.41, 5.74) is 0.476. The van der Waals surface area contributed by atoms with E-state index in [4.69, 9.17) is 4.74 Å². The molecule has 0 bridgehead atoms. The zero-order chi connectivity index (χ0) is 12.2. The van der Waals surface area contributed by atoms with Crippen molar-refractivity contribution >= 4 is 5.97 Å². The SMILES string of the molecule is CCOC(=O)C(C)CN1CCC(C)(C)CC1. The van der Waals surface area contributed by atoms with Crippen LogP contribution < -0.4 is 0 Å². The average Bonchev–Trinajstić information content (AvgIpc) is 2.21. The monoisotopic (exact) mass is 227 g/mol. The highest BCUT2D eigenvalue weighted by Gasteiger charge is 2.27. The van der Waals surface area contributed by atoms with E-state index in [1.54, 1.807) is 0 Å². The van der Waals surface area contributed by atoms with Crippen molar-refractivity contribution in [2.24, 2.45) is 11.3 Å². The maximum Gasteiger partial charge on any atom is 0.309 e. The quantitative estimate of drug-likeness (QED) is 0.690. The predicted molar refractivity (Wildman–Crippen MR) is 65.3 cm³/mol. The second-order valence-electron chi connectivity index (χ2n) is 5.62. The van der Waals surface area contributed by atoms with Gasteiger partial charge in [-0.15, -0.1) is 0 Å². The highest BCUT2D eigenvalue weighted by Crippen LogP contribution is 2.29. The van der Waals surface area contributed by atoms with Gasteiger partial charge in [0.2, 0.25) is 0 Å². The van der Waals surface area contributed by atoms with Crippen LogP contribution in [0.3, 0.4) is 0 Å². The van der Waals surface area contributed by atoms with Crippen LogP contribution in [0.5, 0.6) is 0 Å². The van der Waals surface area contributed by atoms with Crippen molar-refractivity contribution < 1.29 is 9.53 Å². The van der Waals surface area contributed by atoms with Gasteiger partial charge in [-0.2, -0.15) is 0 Å². The molecular formula is C13H25NO2. The van der Waals surface area contributed by atoms with Crippen LogP contribution in [0.2, 0.25) is 0 Å². The van der Waals surface area contributed by atoms with Crippen LogP contribution in [0.4, 0.5) is 0 Å². The molecule has 1 aliphatic heterocycles. The summed E-state index contributed by atoms with van der Waals surface area (Å²) in [6.07, 6.45) is 2.45. The maximum atomic E-state index is 11.5. The number of carbonyl (C=O) groups excluding carboxylic acids is 1. The largest absolute Gasteiger partial charge is 0.466 e. The van der Waals surface area contributed by atoms with Crippen molar-refractivity contribution in [2.45, 2.75) is 40.5 Å². The molecule has 1 atom stereocenters. The number of likely N-dealkylation sites (tertiary alicyclic amines) is 1. The molecule has 1 aliphatic rings. The van der Waals surface area contributed by atoms with Crippen molar-refractivity contribution in [3.8, 4) is 0 Å². The van der Waals surface area contributed by atoms with E-state index in [-0.39, 0.29) is 11.9 Å². The Labute approximate surface area is 99.1 Å². The molecule has 0 amide bonds. The fourth-order valence-corrected chi connectivity index (χ4v) is 2.09. The first-order chi connectivity index (χ1) is 7.44. The van der Waals surface area contributed by atoms with Gasteiger partial charge in [0.15, 0.2) is 0 Å². The number of nitrogens with zero attached hydrogens (tertiary/aromatic N) is 1. The number of esters is 1. The Hall–Kier alpha value is -0.570. The third-order valence-corrected chi connectivity index (χ3v) is 3.43. The summed E-state index contributed by atoms with van der Waals surface area (Å²) in [5, 5.41) is 0. The number of carbonyl (C=O) groups is 1. The minimum absolute atomic E-state index is 0.00108. The molecule has 1 unspecified atom stereocenters. The summed E-state index contributed by atoms with van der Waals surface area (Å²) in [4.78, 5) is 13.9. The van der Waals surface area contributed by atoms with E-state index in [1.807, 2.05) is 13.8 Å². The summed E-state index contributed by atoms with van der Waals surface area (Å²) in [5.74, 6) is -0.0616. The molecule has 0 aromatic carbocycles. The zero-order valence-electron chi connectivity index (χ0n) is 11.1. The fourth-order valence-electron chi connectivity index (χ4n) is 2.09. The Morgan fingerprint density at radius 1 is 1.38 bits per heavy atom. The van der Waals surface area contributed by atoms with Crippen LogP contribution >= 0.6 is 0 Å². The number of rotatable bonds is 4. The van der Waals surface area contributed by atoms with Gasteiger partial charge in [0.1, 0.15) is 0 Å². The molecule has 0 aliphatic carbocycles. The van der Waals surface area contributed by atoms with Gasteiger partial charge in [-0.25, -0.2) is 0 Å². The zero-order valence-corrected chi connectivity index (χ0v) is 11.1. The second-order valence-corrected chi connectivity index (χ2v) is 5.62. The Kier molecular flexibility index (Phi) is 4.78. The van der Waals surface area contributed by atoms with Crippen molar-refractivity contribution in [1.82, 2.24) is 4.90 Å². The normalized spacial score (nSPS) is 22.8. The molecule has 0 N–H and O–H groups in total. The molecule has 1 rings (SSSR count). The Bertz CT molecular complexity index is 228. The van der Waals surface area contributed by atoms with Gasteiger partial charge < -0.3 is 9.64 Å². The lowest BCUT2D eigenvalue weighted by atomic mass is 9.82. The van der Waals surface area contributed by atoms with Gasteiger partial charge in [0.25, 0.3) is 0 Å². The van der Waals surface area contributed by atoms with Gasteiger partial charge in [-0.3, -0.25) is 4.79 Å². The highest BCUT2D eigenvalue weighted by molar-refractivity contribution is 5.72. The molecule has 0 saturated carbocycles. The van der Waals surface area contributed by atoms with Crippen LogP contribution in [0, 0.1) is 11.3 Å². The molecule has 1 saturated heterocycles. The van der Waals surface area contributed by atoms with Crippen molar-refractivity contribution in [3.05, 3.63) is 0 Å². The molecule has 3 nitrogen and oxygen atoms in total. The number of hydrogen-bond acceptors (Lipinski definition) is 3. The lowest BCUT2D eigenvalue weighted by Gasteiger charge is -2.37. The summed E-state index contributed by atoms with van der Waals surface area (Å²) in [6.45, 7) is 12.0. The second kappa shape index (κ2) is 5.67. The summed E-state index contributed by atoms with van der Waals surface area (Å²) < 4.78 is 5.02. The summed E-state index contributed by atoms with van der Waals surface area (Å²) in [7, 11) is 0. The molecule has 0 radical (unpaired) electrons. The third kappa shape index (κ3) is 4.12. The molecule has 0 spiro atoms. The standard InChI is InChI=1S/C13H25NO2/c1-5-16-12(15)11(2)10-14-8-6-13(3,4)7-9-14/h11H,5-10H2,1-4H3. The molecular weight excluding hydrogens is 202 g/mol. The van der Waals surface area contributed by atoms with Crippen LogP contribution in [0.1, 0.15) is 40.5 Å². The molecule has 16 heavy (non-hydrogen) atoms. The maximum absolute atomic E-state index is 11.5. The van der Waals surface area contributed by atoms with E-state index in [1.165, 1.54) is 12.8 Å². The molecule has 0 aromatic heterocycles. The highest BCUT2D eigenvalue weighted by atomic mass is 16.5. The first kappa shape index (κ1) is 13.5. The Balaban J connectivity index is 2.30. The van der Waals surface area contributed by atoms with Crippen molar-refractivity contribution in [1.29, 1.82) is 0 Å².